The topological polar surface area (TPSA) is 44.8 Å². The van der Waals surface area contributed by atoms with E-state index >= 15 is 0 Å². The van der Waals surface area contributed by atoms with Crippen molar-refractivity contribution in [1.29, 1.82) is 0 Å². The predicted octanol–water partition coefficient (Wildman–Crippen LogP) is 4.08. The van der Waals surface area contributed by atoms with Crippen molar-refractivity contribution in [3.8, 4) is 0 Å². The first kappa shape index (κ1) is 26.1. The smallest absolute Gasteiger partial charge is 0.109 e. The third-order valence-electron chi connectivity index (χ3n) is 5.88. The molecule has 2 aliphatic heterocycles. The molecule has 7 heteroatoms. The van der Waals surface area contributed by atoms with Gasteiger partial charge in [-0.25, -0.2) is 0 Å². The molecular formula is C20H36BO4PY. The fourth-order valence-corrected chi connectivity index (χ4v) is 5.70. The summed E-state index contributed by atoms with van der Waals surface area (Å²) in [5, 5.41) is 0. The zero-order chi connectivity index (χ0) is 19.6. The fraction of sp³-hybridized carbons (Fsp3) is 0.900. The van der Waals surface area contributed by atoms with E-state index in [0.717, 1.165) is 0 Å². The molecule has 2 fully saturated rings. The zero-order valence-corrected chi connectivity index (χ0v) is 21.8. The van der Waals surface area contributed by atoms with E-state index in [4.69, 9.17) is 22.1 Å². The van der Waals surface area contributed by atoms with Crippen molar-refractivity contribution in [3.63, 3.8) is 0 Å². The van der Waals surface area contributed by atoms with E-state index in [1.165, 1.54) is 0 Å². The molecular weight excluding hydrogens is 435 g/mol. The van der Waals surface area contributed by atoms with E-state index in [1.54, 1.807) is 0 Å². The summed E-state index contributed by atoms with van der Waals surface area (Å²) in [6.07, 6.45) is 2.86. The van der Waals surface area contributed by atoms with Gasteiger partial charge in [0, 0.05) is 50.8 Å². The quantitative estimate of drug-likeness (QED) is 0.415. The third kappa shape index (κ3) is 6.76. The Morgan fingerprint density at radius 3 is 2.30 bits per heavy atom. The molecule has 2 rings (SSSR count). The fourth-order valence-electron chi connectivity index (χ4n) is 4.09. The van der Waals surface area contributed by atoms with Crippen molar-refractivity contribution in [3.05, 3.63) is 11.9 Å². The van der Waals surface area contributed by atoms with Crippen molar-refractivity contribution >= 4 is 15.6 Å². The van der Waals surface area contributed by atoms with Gasteiger partial charge < -0.3 is 18.8 Å². The van der Waals surface area contributed by atoms with E-state index in [2.05, 4.69) is 34.6 Å². The normalized spacial score (nSPS) is 40.8. The first-order valence-electron chi connectivity index (χ1n) is 10.0. The Balaban J connectivity index is 0.00000364. The van der Waals surface area contributed by atoms with Crippen LogP contribution in [0.2, 0.25) is 0 Å². The van der Waals surface area contributed by atoms with Gasteiger partial charge >= 0.3 is 0 Å². The molecule has 0 saturated carbocycles. The molecule has 2 heterocycles. The molecule has 0 aromatic rings. The van der Waals surface area contributed by atoms with Gasteiger partial charge in [0.2, 0.25) is 0 Å². The van der Waals surface area contributed by atoms with Gasteiger partial charge in [-0.15, -0.1) is 0 Å². The molecule has 0 spiro atoms. The summed E-state index contributed by atoms with van der Waals surface area (Å²) in [6, 6.07) is -0.255. The van der Waals surface area contributed by atoms with Crippen LogP contribution in [0.1, 0.15) is 48.5 Å². The van der Waals surface area contributed by atoms with E-state index in [-0.39, 0.29) is 81.1 Å². The molecule has 0 aromatic carbocycles. The molecule has 151 valence electrons. The second-order valence-corrected chi connectivity index (χ2v) is 10.4. The molecule has 0 bridgehead atoms. The summed E-state index contributed by atoms with van der Waals surface area (Å²) in [4.78, 5) is 0. The maximum absolute atomic E-state index is 12.8. The largest absolute Gasteiger partial charge is 0.384 e. The summed E-state index contributed by atoms with van der Waals surface area (Å²) < 4.78 is 30.7. The summed E-state index contributed by atoms with van der Waals surface area (Å²) >= 11 is 0. The molecule has 0 amide bonds. The first-order valence-corrected chi connectivity index (χ1v) is 11.7. The van der Waals surface area contributed by atoms with Gasteiger partial charge in [-0.2, -0.15) is 0 Å². The van der Waals surface area contributed by atoms with Crippen molar-refractivity contribution in [2.24, 2.45) is 23.7 Å². The van der Waals surface area contributed by atoms with Crippen molar-refractivity contribution in [2.75, 3.05) is 6.16 Å². The van der Waals surface area contributed by atoms with Crippen LogP contribution in [0.4, 0.5) is 0 Å². The van der Waals surface area contributed by atoms with E-state index in [0.29, 0.717) is 18.0 Å². The van der Waals surface area contributed by atoms with E-state index in [9.17, 15) is 4.57 Å². The minimum atomic E-state index is -1.87. The maximum atomic E-state index is 12.8. The SMILES string of the molecule is [B][C@@H]1O[C@H](C(C)C)C(C[PH](=O)/C=C/[C@H]2O[C@@H](C)[C@@H](C)C2OC(C)C)[C@@H]1C.[Y]. The Bertz CT molecular complexity index is 516. The van der Waals surface area contributed by atoms with Gasteiger partial charge in [-0.05, 0) is 44.3 Å². The van der Waals surface area contributed by atoms with Crippen LogP contribution >= 0.6 is 7.80 Å². The number of hydrogen-bond acceptors (Lipinski definition) is 4. The number of hydrogen-bond donors (Lipinski definition) is 0. The molecule has 27 heavy (non-hydrogen) atoms. The molecule has 0 aliphatic carbocycles. The van der Waals surface area contributed by atoms with Crippen LogP contribution in [-0.4, -0.2) is 50.5 Å². The van der Waals surface area contributed by atoms with Gasteiger partial charge in [0.25, 0.3) is 0 Å². The Morgan fingerprint density at radius 1 is 1.11 bits per heavy atom. The zero-order valence-electron chi connectivity index (χ0n) is 17.9. The minimum absolute atomic E-state index is 0. The molecule has 2 saturated heterocycles. The predicted molar refractivity (Wildman–Crippen MR) is 108 cm³/mol. The van der Waals surface area contributed by atoms with Crippen LogP contribution in [0.3, 0.4) is 0 Å². The number of ether oxygens (including phenoxy) is 3. The molecule has 3 unspecified atom stereocenters. The van der Waals surface area contributed by atoms with Gasteiger partial charge in [0.05, 0.1) is 32.2 Å². The molecule has 4 nitrogen and oxygen atoms in total. The molecule has 0 aromatic heterocycles. The average Bonchev–Trinajstić information content (AvgIpc) is 2.97. The van der Waals surface area contributed by atoms with Crippen molar-refractivity contribution in [1.82, 2.24) is 0 Å². The van der Waals surface area contributed by atoms with Gasteiger partial charge in [0.15, 0.2) is 0 Å². The summed E-state index contributed by atoms with van der Waals surface area (Å²) in [6.45, 7) is 14.7. The van der Waals surface area contributed by atoms with Gasteiger partial charge in [-0.3, -0.25) is 0 Å². The van der Waals surface area contributed by atoms with Crippen molar-refractivity contribution in [2.45, 2.75) is 85.0 Å². The maximum Gasteiger partial charge on any atom is 0.109 e. The van der Waals surface area contributed by atoms with Crippen molar-refractivity contribution < 1.29 is 51.5 Å². The molecule has 2 aliphatic rings. The Labute approximate surface area is 193 Å². The van der Waals surface area contributed by atoms with Crippen LogP contribution in [0.5, 0.6) is 0 Å². The Kier molecular flexibility index (Phi) is 11.0. The van der Waals surface area contributed by atoms with Crippen LogP contribution in [-0.2, 0) is 51.5 Å². The van der Waals surface area contributed by atoms with Gasteiger partial charge in [0.1, 0.15) is 14.0 Å². The number of rotatable bonds is 7. The summed E-state index contributed by atoms with van der Waals surface area (Å²) in [5.74, 6) is 3.01. The van der Waals surface area contributed by atoms with E-state index < -0.39 is 7.80 Å². The van der Waals surface area contributed by atoms with Crippen LogP contribution < -0.4 is 0 Å². The second kappa shape index (κ2) is 11.4. The Morgan fingerprint density at radius 2 is 1.74 bits per heavy atom. The molecule has 3 radical (unpaired) electrons. The van der Waals surface area contributed by atoms with E-state index in [1.807, 2.05) is 25.7 Å². The van der Waals surface area contributed by atoms with Crippen LogP contribution in [0, 0.1) is 23.7 Å². The monoisotopic (exact) mass is 471 g/mol. The molecule has 0 N–H and O–H groups in total. The standard InChI is InChI=1S/C20H36BO4P.Y/c1-11(2)18-16(14(6)20(21)25-18)10-26(22)9-8-17-19(23-12(3)4)13(5)15(7)24-17;/h8-9,11-20,26H,10H2,1-7H3;/b9-8+;/t13-,14+,15+,16?,17-,18-,19?,20-;/m1./s1. The van der Waals surface area contributed by atoms with Gasteiger partial charge in [-0.1, -0.05) is 33.8 Å². The summed E-state index contributed by atoms with van der Waals surface area (Å²) in [5.41, 5.74) is 0. The molecule has 9 atom stereocenters. The summed E-state index contributed by atoms with van der Waals surface area (Å²) in [7, 11) is 4.21. The third-order valence-corrected chi connectivity index (χ3v) is 7.32. The second-order valence-electron chi connectivity index (χ2n) is 8.68. The first-order chi connectivity index (χ1) is 12.1. The van der Waals surface area contributed by atoms with Crippen LogP contribution in [0.15, 0.2) is 11.9 Å². The van der Waals surface area contributed by atoms with Crippen LogP contribution in [0.25, 0.3) is 0 Å². The Hall–Kier alpha value is 1.02. The minimum Gasteiger partial charge on any atom is -0.384 e. The average molecular weight is 471 g/mol.